The van der Waals surface area contributed by atoms with E-state index in [1.54, 1.807) is 29.5 Å². The number of aromatic hydroxyl groups is 1. The van der Waals surface area contributed by atoms with Gasteiger partial charge >= 0.3 is 0 Å². The number of aromatic nitrogens is 1. The molecule has 21 heavy (non-hydrogen) atoms. The van der Waals surface area contributed by atoms with Crippen molar-refractivity contribution in [2.75, 3.05) is 6.54 Å². The van der Waals surface area contributed by atoms with E-state index in [4.69, 9.17) is 0 Å². The van der Waals surface area contributed by atoms with E-state index in [0.29, 0.717) is 6.54 Å². The van der Waals surface area contributed by atoms with Crippen LogP contribution in [0.15, 0.2) is 55.8 Å². The van der Waals surface area contributed by atoms with Crippen molar-refractivity contribution in [3.8, 4) is 16.3 Å². The molecule has 2 rings (SSSR count). The molecule has 3 nitrogen and oxygen atoms in total. The lowest BCUT2D eigenvalue weighted by atomic mass is 10.1. The van der Waals surface area contributed by atoms with Crippen LogP contribution in [0, 0.1) is 6.92 Å². The number of phenols is 1. The Morgan fingerprint density at radius 1 is 1.38 bits per heavy atom. The molecule has 0 fully saturated rings. The van der Waals surface area contributed by atoms with Crippen LogP contribution in [0.2, 0.25) is 0 Å². The maximum atomic E-state index is 9.91. The lowest BCUT2D eigenvalue weighted by Crippen LogP contribution is -2.13. The van der Waals surface area contributed by atoms with Crippen LogP contribution in [0.1, 0.15) is 10.4 Å². The third kappa shape index (κ3) is 3.83. The zero-order valence-corrected chi connectivity index (χ0v) is 12.8. The molecule has 0 spiro atoms. The summed E-state index contributed by atoms with van der Waals surface area (Å²) in [6.07, 6.45) is 3.53. The van der Waals surface area contributed by atoms with Gasteiger partial charge in [0.2, 0.25) is 0 Å². The summed E-state index contributed by atoms with van der Waals surface area (Å²) in [4.78, 5) is 5.48. The zero-order valence-electron chi connectivity index (χ0n) is 12.0. The molecule has 0 aliphatic heterocycles. The predicted octanol–water partition coefficient (Wildman–Crippen LogP) is 4.13. The number of hydrogen-bond donors (Lipinski definition) is 2. The topological polar surface area (TPSA) is 45.1 Å². The summed E-state index contributed by atoms with van der Waals surface area (Å²) in [6.45, 7) is 14.1. The van der Waals surface area contributed by atoms with Gasteiger partial charge in [-0.05, 0) is 30.7 Å². The highest BCUT2D eigenvalue weighted by Crippen LogP contribution is 2.30. The summed E-state index contributed by atoms with van der Waals surface area (Å²) in [7, 11) is 0. The molecule has 0 aliphatic carbocycles. The Labute approximate surface area is 129 Å². The van der Waals surface area contributed by atoms with E-state index in [0.717, 1.165) is 32.3 Å². The average Bonchev–Trinajstić information content (AvgIpc) is 2.90. The molecular weight excluding hydrogens is 280 g/mol. The minimum atomic E-state index is 0.195. The van der Waals surface area contributed by atoms with Crippen LogP contribution >= 0.6 is 11.3 Å². The van der Waals surface area contributed by atoms with E-state index in [9.17, 15) is 5.11 Å². The molecule has 0 saturated carbocycles. The quantitative estimate of drug-likeness (QED) is 0.788. The fraction of sp³-hybridized carbons (Fsp3) is 0.118. The van der Waals surface area contributed by atoms with Gasteiger partial charge in [0.15, 0.2) is 0 Å². The van der Waals surface area contributed by atoms with Gasteiger partial charge < -0.3 is 10.4 Å². The van der Waals surface area contributed by atoms with Crippen molar-refractivity contribution < 1.29 is 5.11 Å². The highest BCUT2D eigenvalue weighted by Gasteiger charge is 2.08. The van der Waals surface area contributed by atoms with Crippen LogP contribution in [0.4, 0.5) is 0 Å². The van der Waals surface area contributed by atoms with Gasteiger partial charge in [-0.2, -0.15) is 0 Å². The Kier molecular flexibility index (Phi) is 4.60. The number of thiazole rings is 1. The monoisotopic (exact) mass is 298 g/mol. The largest absolute Gasteiger partial charge is 0.508 e. The van der Waals surface area contributed by atoms with E-state index in [1.807, 2.05) is 19.2 Å². The number of phenolic OH excluding ortho intramolecular Hbond substituents is 1. The standard InChI is InChI=1S/C17H18N2OS/c1-5-11(2)9-18-13(4)14-6-15(8-16(20)7-14)17-19-10-12(3)21-17/h5-8,10,18,20H,1-2,4,9H2,3H3. The first-order valence-electron chi connectivity index (χ1n) is 6.50. The molecule has 0 amide bonds. The molecule has 0 unspecified atom stereocenters. The summed E-state index contributed by atoms with van der Waals surface area (Å²) in [6, 6.07) is 5.34. The molecule has 0 atom stereocenters. The Morgan fingerprint density at radius 2 is 2.14 bits per heavy atom. The lowest BCUT2D eigenvalue weighted by Gasteiger charge is -2.11. The molecular formula is C17H18N2OS. The number of nitrogens with zero attached hydrogens (tertiary/aromatic N) is 1. The first-order valence-corrected chi connectivity index (χ1v) is 7.31. The second kappa shape index (κ2) is 6.41. The third-order valence-corrected chi connectivity index (χ3v) is 3.91. The summed E-state index contributed by atoms with van der Waals surface area (Å²) >= 11 is 1.59. The number of benzene rings is 1. The van der Waals surface area contributed by atoms with E-state index in [-0.39, 0.29) is 5.75 Å². The van der Waals surface area contributed by atoms with Crippen LogP contribution in [0.3, 0.4) is 0 Å². The highest BCUT2D eigenvalue weighted by molar-refractivity contribution is 7.14. The van der Waals surface area contributed by atoms with Crippen LogP contribution in [0.25, 0.3) is 16.3 Å². The lowest BCUT2D eigenvalue weighted by molar-refractivity contribution is 0.475. The molecule has 0 bridgehead atoms. The predicted molar refractivity (Wildman–Crippen MR) is 90.3 cm³/mol. The molecule has 1 heterocycles. The summed E-state index contributed by atoms with van der Waals surface area (Å²) in [5, 5.41) is 14.0. The van der Waals surface area contributed by atoms with Crippen molar-refractivity contribution in [3.05, 3.63) is 66.2 Å². The van der Waals surface area contributed by atoms with E-state index in [1.165, 1.54) is 0 Å². The van der Waals surface area contributed by atoms with E-state index < -0.39 is 0 Å². The van der Waals surface area contributed by atoms with Gasteiger partial charge in [-0.25, -0.2) is 4.98 Å². The first-order chi connectivity index (χ1) is 9.99. The minimum absolute atomic E-state index is 0.195. The average molecular weight is 298 g/mol. The maximum Gasteiger partial charge on any atom is 0.123 e. The highest BCUT2D eigenvalue weighted by atomic mass is 32.1. The SMILES string of the molecule is C=CC(=C)CNC(=C)c1cc(O)cc(-c2ncc(C)s2)c1. The first kappa shape index (κ1) is 15.1. The van der Waals surface area contributed by atoms with Crippen LogP contribution in [0.5, 0.6) is 5.75 Å². The minimum Gasteiger partial charge on any atom is -0.508 e. The Morgan fingerprint density at radius 3 is 2.76 bits per heavy atom. The number of aryl methyl sites for hydroxylation is 1. The fourth-order valence-electron chi connectivity index (χ4n) is 1.79. The van der Waals surface area contributed by atoms with Crippen LogP contribution < -0.4 is 5.32 Å². The van der Waals surface area contributed by atoms with Crippen molar-refractivity contribution in [2.45, 2.75) is 6.92 Å². The molecule has 108 valence electrons. The molecule has 2 aromatic rings. The molecule has 0 radical (unpaired) electrons. The maximum absolute atomic E-state index is 9.91. The molecule has 4 heteroatoms. The van der Waals surface area contributed by atoms with Crippen molar-refractivity contribution in [3.63, 3.8) is 0 Å². The van der Waals surface area contributed by atoms with Gasteiger partial charge in [0, 0.05) is 34.4 Å². The van der Waals surface area contributed by atoms with Crippen molar-refractivity contribution in [1.29, 1.82) is 0 Å². The van der Waals surface area contributed by atoms with Gasteiger partial charge in [-0.15, -0.1) is 11.3 Å². The summed E-state index contributed by atoms with van der Waals surface area (Å²) < 4.78 is 0. The molecule has 1 aromatic carbocycles. The zero-order chi connectivity index (χ0) is 15.4. The van der Waals surface area contributed by atoms with Crippen molar-refractivity contribution >= 4 is 17.0 Å². The number of nitrogens with one attached hydrogen (secondary N) is 1. The third-order valence-electron chi connectivity index (χ3n) is 2.95. The Balaban J connectivity index is 2.24. The fourth-order valence-corrected chi connectivity index (χ4v) is 2.54. The van der Waals surface area contributed by atoms with Crippen LogP contribution in [-0.2, 0) is 0 Å². The van der Waals surface area contributed by atoms with Gasteiger partial charge in [-0.3, -0.25) is 0 Å². The van der Waals surface area contributed by atoms with Gasteiger partial charge in [-0.1, -0.05) is 25.8 Å². The van der Waals surface area contributed by atoms with Crippen molar-refractivity contribution in [2.24, 2.45) is 0 Å². The second-order valence-electron chi connectivity index (χ2n) is 4.74. The Bertz CT molecular complexity index is 701. The molecule has 2 N–H and O–H groups in total. The van der Waals surface area contributed by atoms with E-state index >= 15 is 0 Å². The van der Waals surface area contributed by atoms with Crippen LogP contribution in [-0.4, -0.2) is 16.6 Å². The second-order valence-corrected chi connectivity index (χ2v) is 5.97. The smallest absolute Gasteiger partial charge is 0.123 e. The Hall–Kier alpha value is -2.33. The van der Waals surface area contributed by atoms with Crippen molar-refractivity contribution in [1.82, 2.24) is 10.3 Å². The number of hydrogen-bond acceptors (Lipinski definition) is 4. The molecule has 1 aromatic heterocycles. The molecule has 0 aliphatic rings. The van der Waals surface area contributed by atoms with Gasteiger partial charge in [0.05, 0.1) is 0 Å². The normalized spacial score (nSPS) is 10.1. The summed E-state index contributed by atoms with van der Waals surface area (Å²) in [5.41, 5.74) is 3.32. The molecule has 0 saturated heterocycles. The number of rotatable bonds is 6. The van der Waals surface area contributed by atoms with Gasteiger partial charge in [0.25, 0.3) is 0 Å². The van der Waals surface area contributed by atoms with Gasteiger partial charge in [0.1, 0.15) is 10.8 Å². The summed E-state index contributed by atoms with van der Waals surface area (Å²) in [5.74, 6) is 0.195. The van der Waals surface area contributed by atoms with E-state index in [2.05, 4.69) is 30.0 Å².